The Kier molecular flexibility index (Phi) is 7.41. The van der Waals surface area contributed by atoms with Gasteiger partial charge < -0.3 is 23.9 Å². The van der Waals surface area contributed by atoms with Crippen LogP contribution in [-0.4, -0.2) is 26.2 Å². The lowest BCUT2D eigenvalue weighted by molar-refractivity contribution is -0.111. The van der Waals surface area contributed by atoms with E-state index in [4.69, 9.17) is 18.6 Å². The van der Waals surface area contributed by atoms with Crippen LogP contribution in [0.3, 0.4) is 0 Å². The summed E-state index contributed by atoms with van der Waals surface area (Å²) in [5, 5.41) is 3.82. The lowest BCUT2D eigenvalue weighted by Crippen LogP contribution is -2.10. The molecule has 3 aromatic carbocycles. The molecule has 0 radical (unpaired) electrons. The van der Waals surface area contributed by atoms with Crippen LogP contribution in [0.15, 0.2) is 77.4 Å². The molecule has 0 saturated heterocycles. The molecule has 0 aliphatic carbocycles. The van der Waals surface area contributed by atoms with E-state index in [1.54, 1.807) is 19.4 Å². The van der Waals surface area contributed by atoms with E-state index in [0.29, 0.717) is 36.0 Å². The second-order valence-corrected chi connectivity index (χ2v) is 7.87. The van der Waals surface area contributed by atoms with Gasteiger partial charge in [-0.1, -0.05) is 30.3 Å². The van der Waals surface area contributed by atoms with Gasteiger partial charge in [0.1, 0.15) is 22.8 Å². The van der Waals surface area contributed by atoms with Crippen molar-refractivity contribution in [3.05, 3.63) is 78.6 Å². The minimum Gasteiger partial charge on any atom is -0.496 e. The second kappa shape index (κ2) is 10.8. The number of furan rings is 1. The number of methoxy groups -OCH3 is 1. The standard InChI is InChI=1S/C29H29NO5/c1-5-33-26-14-10-8-12-24(26)30-29(31)15-19(3)21-16-22-23(20-11-7-9-13-25(20)32-4)18-35-28(22)17-27(21)34-6-2/h7-18H,5-6H2,1-4H3,(H,30,31)/b19-15+. The van der Waals surface area contributed by atoms with Crippen LogP contribution < -0.4 is 19.5 Å². The van der Waals surface area contributed by atoms with E-state index in [1.165, 1.54) is 0 Å². The van der Waals surface area contributed by atoms with E-state index in [1.807, 2.05) is 81.4 Å². The number of hydrogen-bond acceptors (Lipinski definition) is 5. The summed E-state index contributed by atoms with van der Waals surface area (Å²) in [7, 11) is 1.65. The molecule has 1 aromatic heterocycles. The maximum absolute atomic E-state index is 12.9. The molecule has 0 spiro atoms. The number of amides is 1. The number of fused-ring (bicyclic) bond motifs is 1. The molecule has 1 amide bonds. The lowest BCUT2D eigenvalue weighted by Gasteiger charge is -2.13. The smallest absolute Gasteiger partial charge is 0.248 e. The summed E-state index contributed by atoms with van der Waals surface area (Å²) in [5.41, 5.74) is 4.72. The topological polar surface area (TPSA) is 69.9 Å². The average Bonchev–Trinajstić information content (AvgIpc) is 3.27. The normalized spacial score (nSPS) is 11.4. The Morgan fingerprint density at radius 3 is 2.34 bits per heavy atom. The zero-order chi connectivity index (χ0) is 24.8. The Morgan fingerprint density at radius 2 is 1.60 bits per heavy atom. The van der Waals surface area contributed by atoms with Crippen molar-refractivity contribution in [1.29, 1.82) is 0 Å². The van der Waals surface area contributed by atoms with Gasteiger partial charge in [0.15, 0.2) is 0 Å². The fourth-order valence-corrected chi connectivity index (χ4v) is 4.01. The molecule has 0 aliphatic heterocycles. The van der Waals surface area contributed by atoms with E-state index in [9.17, 15) is 4.79 Å². The van der Waals surface area contributed by atoms with Gasteiger partial charge in [-0.3, -0.25) is 4.79 Å². The second-order valence-electron chi connectivity index (χ2n) is 7.87. The zero-order valence-corrected chi connectivity index (χ0v) is 20.4. The summed E-state index contributed by atoms with van der Waals surface area (Å²) in [5.74, 6) is 1.78. The molecule has 0 unspecified atom stereocenters. The summed E-state index contributed by atoms with van der Waals surface area (Å²) < 4.78 is 22.9. The van der Waals surface area contributed by atoms with Crippen LogP contribution in [0, 0.1) is 0 Å². The van der Waals surface area contributed by atoms with E-state index >= 15 is 0 Å². The highest BCUT2D eigenvalue weighted by atomic mass is 16.5. The van der Waals surface area contributed by atoms with Gasteiger partial charge >= 0.3 is 0 Å². The number of carbonyl (C=O) groups excluding carboxylic acids is 1. The van der Waals surface area contributed by atoms with Crippen LogP contribution >= 0.6 is 0 Å². The number of hydrogen-bond donors (Lipinski definition) is 1. The lowest BCUT2D eigenvalue weighted by atomic mass is 9.98. The third-order valence-corrected chi connectivity index (χ3v) is 5.59. The molecule has 0 atom stereocenters. The molecule has 35 heavy (non-hydrogen) atoms. The first kappa shape index (κ1) is 24.0. The predicted molar refractivity (Wildman–Crippen MR) is 139 cm³/mol. The van der Waals surface area contributed by atoms with E-state index in [2.05, 4.69) is 5.32 Å². The molecule has 0 aliphatic rings. The number of benzene rings is 3. The average molecular weight is 472 g/mol. The number of allylic oxidation sites excluding steroid dienone is 1. The first-order valence-corrected chi connectivity index (χ1v) is 11.6. The molecular formula is C29H29NO5. The number of rotatable bonds is 9. The van der Waals surface area contributed by atoms with Crippen LogP contribution in [0.4, 0.5) is 5.69 Å². The summed E-state index contributed by atoms with van der Waals surface area (Å²) in [6.07, 6.45) is 3.29. The number of nitrogens with one attached hydrogen (secondary N) is 1. The molecule has 1 N–H and O–H groups in total. The zero-order valence-electron chi connectivity index (χ0n) is 20.4. The SMILES string of the molecule is CCOc1ccccc1NC(=O)/C=C(\C)c1cc2c(-c3ccccc3OC)coc2cc1OCC. The van der Waals surface area contributed by atoms with Crippen LogP contribution in [0.2, 0.25) is 0 Å². The highest BCUT2D eigenvalue weighted by Gasteiger charge is 2.17. The highest BCUT2D eigenvalue weighted by molar-refractivity contribution is 6.06. The van der Waals surface area contributed by atoms with Crippen LogP contribution in [0.1, 0.15) is 26.3 Å². The summed E-state index contributed by atoms with van der Waals surface area (Å²) >= 11 is 0. The molecule has 4 rings (SSSR count). The largest absolute Gasteiger partial charge is 0.496 e. The summed E-state index contributed by atoms with van der Waals surface area (Å²) in [6.45, 7) is 6.72. The third-order valence-electron chi connectivity index (χ3n) is 5.59. The van der Waals surface area contributed by atoms with Crippen molar-refractivity contribution in [3.63, 3.8) is 0 Å². The van der Waals surface area contributed by atoms with Gasteiger partial charge in [-0.25, -0.2) is 0 Å². The van der Waals surface area contributed by atoms with Gasteiger partial charge in [-0.2, -0.15) is 0 Å². The van der Waals surface area contributed by atoms with Crippen molar-refractivity contribution in [1.82, 2.24) is 0 Å². The monoisotopic (exact) mass is 471 g/mol. The fraction of sp³-hybridized carbons (Fsp3) is 0.207. The Labute approximate surface area is 205 Å². The van der Waals surface area contributed by atoms with Crippen molar-refractivity contribution < 1.29 is 23.4 Å². The molecule has 180 valence electrons. The van der Waals surface area contributed by atoms with Crippen molar-refractivity contribution in [2.45, 2.75) is 20.8 Å². The van der Waals surface area contributed by atoms with Crippen LogP contribution in [0.25, 0.3) is 27.7 Å². The first-order chi connectivity index (χ1) is 17.0. The number of para-hydroxylation sites is 3. The Morgan fingerprint density at radius 1 is 0.914 bits per heavy atom. The van der Waals surface area contributed by atoms with Crippen LogP contribution in [0.5, 0.6) is 17.2 Å². The van der Waals surface area contributed by atoms with Gasteiger partial charge in [0.25, 0.3) is 0 Å². The maximum Gasteiger partial charge on any atom is 0.248 e. The molecule has 4 aromatic rings. The Balaban J connectivity index is 1.73. The van der Waals surface area contributed by atoms with E-state index in [-0.39, 0.29) is 5.91 Å². The molecule has 0 saturated carbocycles. The number of anilines is 1. The van der Waals surface area contributed by atoms with Crippen molar-refractivity contribution in [2.75, 3.05) is 25.6 Å². The molecular weight excluding hydrogens is 442 g/mol. The minimum absolute atomic E-state index is 0.255. The number of ether oxygens (including phenoxy) is 3. The molecule has 0 fully saturated rings. The molecule has 6 nitrogen and oxygen atoms in total. The van der Waals surface area contributed by atoms with Gasteiger partial charge in [-0.05, 0) is 50.6 Å². The fourth-order valence-electron chi connectivity index (χ4n) is 4.01. The van der Waals surface area contributed by atoms with Crippen molar-refractivity contribution in [3.8, 4) is 28.4 Å². The van der Waals surface area contributed by atoms with Crippen molar-refractivity contribution >= 4 is 28.1 Å². The van der Waals surface area contributed by atoms with E-state index < -0.39 is 0 Å². The van der Waals surface area contributed by atoms with Crippen molar-refractivity contribution in [2.24, 2.45) is 0 Å². The third kappa shape index (κ3) is 5.17. The minimum atomic E-state index is -0.255. The Hall–Kier alpha value is -4.19. The number of carbonyl (C=O) groups is 1. The van der Waals surface area contributed by atoms with E-state index in [0.717, 1.165) is 33.4 Å². The molecule has 0 bridgehead atoms. The maximum atomic E-state index is 12.9. The Bertz CT molecular complexity index is 1370. The van der Waals surface area contributed by atoms with Gasteiger partial charge in [0.2, 0.25) is 5.91 Å². The predicted octanol–water partition coefficient (Wildman–Crippen LogP) is 6.95. The highest BCUT2D eigenvalue weighted by Crippen LogP contribution is 2.40. The van der Waals surface area contributed by atoms with Crippen LogP contribution in [-0.2, 0) is 4.79 Å². The quantitative estimate of drug-likeness (QED) is 0.268. The first-order valence-electron chi connectivity index (χ1n) is 11.6. The van der Waals surface area contributed by atoms with Gasteiger partial charge in [-0.15, -0.1) is 0 Å². The summed E-state index contributed by atoms with van der Waals surface area (Å²) in [6, 6.07) is 19.0. The van der Waals surface area contributed by atoms with Gasteiger partial charge in [0.05, 0.1) is 32.3 Å². The summed E-state index contributed by atoms with van der Waals surface area (Å²) in [4.78, 5) is 12.9. The molecule has 1 heterocycles. The molecule has 6 heteroatoms. The van der Waals surface area contributed by atoms with Gasteiger partial charge in [0, 0.05) is 34.2 Å².